The van der Waals surface area contributed by atoms with Crippen molar-refractivity contribution >= 4 is 16.7 Å². The summed E-state index contributed by atoms with van der Waals surface area (Å²) in [5, 5.41) is 4.09. The van der Waals surface area contributed by atoms with Gasteiger partial charge in [-0.2, -0.15) is 0 Å². The Labute approximate surface area is 162 Å². The average molecular weight is 378 g/mol. The van der Waals surface area contributed by atoms with Gasteiger partial charge in [0.25, 0.3) is 11.5 Å². The summed E-state index contributed by atoms with van der Waals surface area (Å²) in [4.78, 5) is 25.9. The third-order valence-electron chi connectivity index (χ3n) is 5.03. The molecule has 1 N–H and O–H groups in total. The van der Waals surface area contributed by atoms with Crippen molar-refractivity contribution in [3.63, 3.8) is 0 Å². The average Bonchev–Trinajstić information content (AvgIpc) is 3.26. The minimum absolute atomic E-state index is 0.0581. The summed E-state index contributed by atoms with van der Waals surface area (Å²) in [5.41, 5.74) is 0.963. The van der Waals surface area contributed by atoms with Gasteiger partial charge in [-0.05, 0) is 43.2 Å². The number of pyridine rings is 1. The number of rotatable bonds is 5. The molecular weight excluding hydrogens is 356 g/mol. The first-order valence-corrected chi connectivity index (χ1v) is 9.36. The second-order valence-electron chi connectivity index (χ2n) is 6.81. The zero-order valence-corrected chi connectivity index (χ0v) is 15.7. The van der Waals surface area contributed by atoms with Gasteiger partial charge in [0.15, 0.2) is 0 Å². The maximum absolute atomic E-state index is 13.0. The number of aromatic nitrogens is 1. The van der Waals surface area contributed by atoms with Gasteiger partial charge in [-0.25, -0.2) is 0 Å². The molecule has 1 saturated heterocycles. The van der Waals surface area contributed by atoms with Crippen molar-refractivity contribution < 1.29 is 14.3 Å². The van der Waals surface area contributed by atoms with E-state index in [0.29, 0.717) is 34.3 Å². The molecule has 6 heteroatoms. The van der Waals surface area contributed by atoms with E-state index in [1.165, 1.54) is 4.57 Å². The minimum Gasteiger partial charge on any atom is -0.497 e. The van der Waals surface area contributed by atoms with Crippen LogP contribution in [0.2, 0.25) is 0 Å². The van der Waals surface area contributed by atoms with Crippen molar-refractivity contribution in [3.05, 3.63) is 70.6 Å². The fourth-order valence-electron chi connectivity index (χ4n) is 3.51. The van der Waals surface area contributed by atoms with Gasteiger partial charge in [0.05, 0.1) is 18.8 Å². The summed E-state index contributed by atoms with van der Waals surface area (Å²) in [6.45, 7) is 1.21. The van der Waals surface area contributed by atoms with Gasteiger partial charge in [-0.1, -0.05) is 18.2 Å². The first-order chi connectivity index (χ1) is 13.7. The number of amides is 1. The van der Waals surface area contributed by atoms with Crippen LogP contribution in [0.5, 0.6) is 5.75 Å². The Kier molecular flexibility index (Phi) is 5.12. The van der Waals surface area contributed by atoms with E-state index in [0.717, 1.165) is 19.4 Å². The lowest BCUT2D eigenvalue weighted by molar-refractivity contribution is 0.0858. The Morgan fingerprint density at radius 1 is 1.18 bits per heavy atom. The number of benzene rings is 2. The van der Waals surface area contributed by atoms with Crippen molar-refractivity contribution in [3.8, 4) is 11.4 Å². The summed E-state index contributed by atoms with van der Waals surface area (Å²) in [7, 11) is 1.59. The molecule has 0 aliphatic carbocycles. The number of nitrogens with zero attached hydrogens (tertiary/aromatic N) is 1. The van der Waals surface area contributed by atoms with Gasteiger partial charge in [-0.3, -0.25) is 14.2 Å². The molecule has 144 valence electrons. The molecule has 0 spiro atoms. The number of nitrogens with one attached hydrogen (secondary N) is 1. The van der Waals surface area contributed by atoms with Crippen LogP contribution in [0.15, 0.2) is 59.5 Å². The van der Waals surface area contributed by atoms with Gasteiger partial charge >= 0.3 is 0 Å². The summed E-state index contributed by atoms with van der Waals surface area (Å²) in [6.07, 6.45) is 3.64. The smallest absolute Gasteiger partial charge is 0.262 e. The fourth-order valence-corrected chi connectivity index (χ4v) is 3.51. The maximum Gasteiger partial charge on any atom is 0.262 e. The molecule has 1 amide bonds. The Hall–Kier alpha value is -3.12. The summed E-state index contributed by atoms with van der Waals surface area (Å²) in [5.74, 6) is 0.487. The van der Waals surface area contributed by atoms with Gasteiger partial charge in [0.1, 0.15) is 5.75 Å². The summed E-state index contributed by atoms with van der Waals surface area (Å²) >= 11 is 0. The van der Waals surface area contributed by atoms with Crippen LogP contribution < -0.4 is 15.6 Å². The van der Waals surface area contributed by atoms with Gasteiger partial charge < -0.3 is 14.8 Å². The fraction of sp³-hybridized carbons (Fsp3) is 0.273. The van der Waals surface area contributed by atoms with Crippen molar-refractivity contribution in [2.45, 2.75) is 18.9 Å². The van der Waals surface area contributed by atoms with E-state index < -0.39 is 0 Å². The van der Waals surface area contributed by atoms with Crippen molar-refractivity contribution in [1.82, 2.24) is 9.88 Å². The van der Waals surface area contributed by atoms with Crippen molar-refractivity contribution in [1.29, 1.82) is 0 Å². The molecule has 1 atom stereocenters. The van der Waals surface area contributed by atoms with Crippen LogP contribution in [0.3, 0.4) is 0 Å². The number of carbonyl (C=O) groups excluding carboxylic acids is 1. The van der Waals surface area contributed by atoms with Crippen molar-refractivity contribution in [2.75, 3.05) is 20.3 Å². The molecule has 4 rings (SSSR count). The standard InChI is InChI=1S/C22H22N2O4/c1-27-16-10-8-15(9-11-16)24-14-20(18-6-2-3-7-19(18)22(24)26)21(25)23-13-17-5-4-12-28-17/h2-3,6-11,14,17H,4-5,12-13H2,1H3,(H,23,25). The number of hydrogen-bond acceptors (Lipinski definition) is 4. The Bertz CT molecular complexity index is 1050. The molecule has 0 saturated carbocycles. The van der Waals surface area contributed by atoms with E-state index in [2.05, 4.69) is 5.32 Å². The maximum atomic E-state index is 13.0. The highest BCUT2D eigenvalue weighted by molar-refractivity contribution is 6.06. The van der Waals surface area contributed by atoms with E-state index in [-0.39, 0.29) is 17.6 Å². The van der Waals surface area contributed by atoms with Crippen LogP contribution in [0.4, 0.5) is 0 Å². The lowest BCUT2D eigenvalue weighted by Crippen LogP contribution is -2.33. The SMILES string of the molecule is COc1ccc(-n2cc(C(=O)NCC3CCCO3)c3ccccc3c2=O)cc1. The van der Waals surface area contributed by atoms with Crippen LogP contribution in [0.25, 0.3) is 16.5 Å². The second-order valence-corrected chi connectivity index (χ2v) is 6.81. The van der Waals surface area contributed by atoms with Crippen LogP contribution in [0, 0.1) is 0 Å². The van der Waals surface area contributed by atoms with E-state index in [1.54, 1.807) is 55.8 Å². The van der Waals surface area contributed by atoms with Gasteiger partial charge in [0.2, 0.25) is 0 Å². The highest BCUT2D eigenvalue weighted by Gasteiger charge is 2.19. The Morgan fingerprint density at radius 2 is 1.93 bits per heavy atom. The lowest BCUT2D eigenvalue weighted by atomic mass is 10.1. The van der Waals surface area contributed by atoms with Gasteiger partial charge in [0, 0.05) is 35.8 Å². The predicted molar refractivity (Wildman–Crippen MR) is 107 cm³/mol. The van der Waals surface area contributed by atoms with Crippen LogP contribution >= 0.6 is 0 Å². The summed E-state index contributed by atoms with van der Waals surface area (Å²) < 4.78 is 12.3. The number of ether oxygens (including phenoxy) is 2. The quantitative estimate of drug-likeness (QED) is 0.741. The lowest BCUT2D eigenvalue weighted by Gasteiger charge is -2.14. The normalized spacial score (nSPS) is 16.2. The number of methoxy groups -OCH3 is 1. The van der Waals surface area contributed by atoms with Crippen LogP contribution in [0.1, 0.15) is 23.2 Å². The molecule has 6 nitrogen and oxygen atoms in total. The largest absolute Gasteiger partial charge is 0.497 e. The van der Waals surface area contributed by atoms with Crippen LogP contribution in [-0.4, -0.2) is 36.8 Å². The molecule has 2 aromatic carbocycles. The molecular formula is C22H22N2O4. The second kappa shape index (κ2) is 7.86. The Morgan fingerprint density at radius 3 is 2.61 bits per heavy atom. The molecule has 2 heterocycles. The van der Waals surface area contributed by atoms with Gasteiger partial charge in [-0.15, -0.1) is 0 Å². The highest BCUT2D eigenvalue weighted by atomic mass is 16.5. The minimum atomic E-state index is -0.214. The molecule has 0 bridgehead atoms. The van der Waals surface area contributed by atoms with Crippen molar-refractivity contribution in [2.24, 2.45) is 0 Å². The first kappa shape index (κ1) is 18.3. The first-order valence-electron chi connectivity index (χ1n) is 9.36. The Balaban J connectivity index is 1.75. The number of hydrogen-bond donors (Lipinski definition) is 1. The molecule has 1 aliphatic rings. The van der Waals surface area contributed by atoms with E-state index in [1.807, 2.05) is 6.07 Å². The molecule has 1 fully saturated rings. The van der Waals surface area contributed by atoms with Crippen LogP contribution in [-0.2, 0) is 4.74 Å². The third kappa shape index (κ3) is 3.51. The number of carbonyl (C=O) groups is 1. The summed E-state index contributed by atoms with van der Waals surface area (Å²) in [6, 6.07) is 14.3. The van der Waals surface area contributed by atoms with E-state index in [9.17, 15) is 9.59 Å². The number of fused-ring (bicyclic) bond motifs is 1. The zero-order chi connectivity index (χ0) is 19.5. The molecule has 1 unspecified atom stereocenters. The van der Waals surface area contributed by atoms with E-state index in [4.69, 9.17) is 9.47 Å². The molecule has 1 aliphatic heterocycles. The highest BCUT2D eigenvalue weighted by Crippen LogP contribution is 2.20. The topological polar surface area (TPSA) is 69.6 Å². The zero-order valence-electron chi connectivity index (χ0n) is 15.7. The molecule has 3 aromatic rings. The van der Waals surface area contributed by atoms with E-state index >= 15 is 0 Å². The monoisotopic (exact) mass is 378 g/mol. The predicted octanol–water partition coefficient (Wildman–Crippen LogP) is 2.91. The molecule has 0 radical (unpaired) electrons. The molecule has 28 heavy (non-hydrogen) atoms. The third-order valence-corrected chi connectivity index (χ3v) is 5.03. The molecule has 1 aromatic heterocycles.